The smallest absolute Gasteiger partial charge is 0.276 e. The van der Waals surface area contributed by atoms with Gasteiger partial charge in [0.25, 0.3) is 5.91 Å². The van der Waals surface area contributed by atoms with E-state index in [-0.39, 0.29) is 11.4 Å². The van der Waals surface area contributed by atoms with E-state index in [1.807, 2.05) is 41.3 Å². The maximum absolute atomic E-state index is 12.8. The van der Waals surface area contributed by atoms with Crippen LogP contribution in [0.5, 0.6) is 0 Å². The standard InChI is InChI=1S/C25H25N5O2S/c1-25(9-3-2-4-10-25)30(16-31)19-6-5-18-13-22(27-20(18)14-19)29-23(32)21-15-33-24(28-21)17-7-11-26-12-8-17/h5-8,11-16,27H,2-4,9-10H2,1H3,(H,29,32). The van der Waals surface area contributed by atoms with Gasteiger partial charge in [0.2, 0.25) is 6.41 Å². The first-order valence-electron chi connectivity index (χ1n) is 11.1. The summed E-state index contributed by atoms with van der Waals surface area (Å²) < 4.78 is 0. The molecule has 33 heavy (non-hydrogen) atoms. The molecule has 3 heterocycles. The first-order chi connectivity index (χ1) is 16.1. The van der Waals surface area contributed by atoms with Gasteiger partial charge in [0.15, 0.2) is 0 Å². The average Bonchev–Trinajstić information content (AvgIpc) is 3.47. The van der Waals surface area contributed by atoms with Crippen LogP contribution in [0, 0.1) is 0 Å². The summed E-state index contributed by atoms with van der Waals surface area (Å²) in [7, 11) is 0. The molecule has 0 aliphatic heterocycles. The van der Waals surface area contributed by atoms with Crippen molar-refractivity contribution in [3.8, 4) is 10.6 Å². The van der Waals surface area contributed by atoms with E-state index >= 15 is 0 Å². The Morgan fingerprint density at radius 2 is 1.94 bits per heavy atom. The highest BCUT2D eigenvalue weighted by Crippen LogP contribution is 2.36. The topological polar surface area (TPSA) is 91.0 Å². The number of benzene rings is 1. The molecule has 0 spiro atoms. The van der Waals surface area contributed by atoms with Gasteiger partial charge in [0.1, 0.15) is 16.5 Å². The molecule has 2 amide bonds. The van der Waals surface area contributed by atoms with Crippen molar-refractivity contribution in [1.82, 2.24) is 15.0 Å². The Balaban J connectivity index is 1.35. The number of pyridine rings is 1. The molecule has 168 valence electrons. The van der Waals surface area contributed by atoms with Gasteiger partial charge in [-0.15, -0.1) is 11.3 Å². The van der Waals surface area contributed by atoms with Crippen molar-refractivity contribution in [2.75, 3.05) is 10.2 Å². The molecule has 7 nitrogen and oxygen atoms in total. The van der Waals surface area contributed by atoms with Gasteiger partial charge in [0, 0.05) is 45.5 Å². The van der Waals surface area contributed by atoms with E-state index in [1.165, 1.54) is 17.8 Å². The van der Waals surface area contributed by atoms with Gasteiger partial charge in [-0.05, 0) is 50.1 Å². The van der Waals surface area contributed by atoms with Gasteiger partial charge in [0.05, 0.1) is 0 Å². The molecule has 1 aromatic carbocycles. The Labute approximate surface area is 195 Å². The van der Waals surface area contributed by atoms with Crippen molar-refractivity contribution >= 4 is 46.1 Å². The van der Waals surface area contributed by atoms with Crippen molar-refractivity contribution in [2.24, 2.45) is 0 Å². The monoisotopic (exact) mass is 459 g/mol. The lowest BCUT2D eigenvalue weighted by Crippen LogP contribution is -2.47. The molecule has 0 bridgehead atoms. The summed E-state index contributed by atoms with van der Waals surface area (Å²) in [6.45, 7) is 2.17. The lowest BCUT2D eigenvalue weighted by Gasteiger charge is -2.42. The summed E-state index contributed by atoms with van der Waals surface area (Å²) in [5, 5.41) is 6.38. The molecule has 0 unspecified atom stereocenters. The lowest BCUT2D eigenvalue weighted by molar-refractivity contribution is -0.108. The van der Waals surface area contributed by atoms with Gasteiger partial charge < -0.3 is 15.2 Å². The number of nitrogens with one attached hydrogen (secondary N) is 2. The number of rotatable bonds is 6. The number of anilines is 2. The van der Waals surface area contributed by atoms with Crippen molar-refractivity contribution in [3.63, 3.8) is 0 Å². The summed E-state index contributed by atoms with van der Waals surface area (Å²) in [4.78, 5) is 38.4. The van der Waals surface area contributed by atoms with Gasteiger partial charge in [-0.25, -0.2) is 4.98 Å². The highest BCUT2D eigenvalue weighted by atomic mass is 32.1. The molecule has 5 rings (SSSR count). The number of amides is 2. The molecular weight excluding hydrogens is 434 g/mol. The van der Waals surface area contributed by atoms with E-state index in [0.717, 1.165) is 59.3 Å². The number of thiazole rings is 1. The fourth-order valence-corrected chi connectivity index (χ4v) is 5.38. The second-order valence-corrected chi connectivity index (χ2v) is 9.57. The molecule has 0 radical (unpaired) electrons. The first kappa shape index (κ1) is 21.3. The molecular formula is C25H25N5O2S. The molecule has 4 aromatic rings. The van der Waals surface area contributed by atoms with E-state index < -0.39 is 0 Å². The molecule has 1 saturated carbocycles. The summed E-state index contributed by atoms with van der Waals surface area (Å²) in [6, 6.07) is 11.5. The quantitative estimate of drug-likeness (QED) is 0.366. The number of hydrogen-bond acceptors (Lipinski definition) is 5. The van der Waals surface area contributed by atoms with Crippen LogP contribution in [0.1, 0.15) is 49.5 Å². The van der Waals surface area contributed by atoms with Crippen molar-refractivity contribution in [2.45, 2.75) is 44.6 Å². The third-order valence-electron chi connectivity index (χ3n) is 6.41. The highest BCUT2D eigenvalue weighted by molar-refractivity contribution is 7.13. The zero-order valence-corrected chi connectivity index (χ0v) is 19.2. The normalized spacial score (nSPS) is 15.3. The number of aromatic nitrogens is 3. The third-order valence-corrected chi connectivity index (χ3v) is 7.31. The highest BCUT2D eigenvalue weighted by Gasteiger charge is 2.33. The van der Waals surface area contributed by atoms with Crippen LogP contribution in [-0.2, 0) is 4.79 Å². The van der Waals surface area contributed by atoms with Crippen LogP contribution in [0.25, 0.3) is 21.5 Å². The summed E-state index contributed by atoms with van der Waals surface area (Å²) >= 11 is 1.42. The fourth-order valence-electron chi connectivity index (χ4n) is 4.58. The van der Waals surface area contributed by atoms with Crippen molar-refractivity contribution in [3.05, 3.63) is 59.9 Å². The number of nitrogens with zero attached hydrogens (tertiary/aromatic N) is 3. The number of fused-ring (bicyclic) bond motifs is 1. The Kier molecular flexibility index (Phi) is 5.68. The van der Waals surface area contributed by atoms with Gasteiger partial charge in [-0.2, -0.15) is 0 Å². The van der Waals surface area contributed by atoms with Crippen LogP contribution in [0.2, 0.25) is 0 Å². The maximum Gasteiger partial charge on any atom is 0.276 e. The van der Waals surface area contributed by atoms with Crippen LogP contribution in [0.3, 0.4) is 0 Å². The minimum atomic E-state index is -0.275. The minimum absolute atomic E-state index is 0.158. The minimum Gasteiger partial charge on any atom is -0.341 e. The Morgan fingerprint density at radius 1 is 1.15 bits per heavy atom. The van der Waals surface area contributed by atoms with Gasteiger partial charge in [-0.3, -0.25) is 14.6 Å². The first-order valence-corrected chi connectivity index (χ1v) is 12.0. The number of carbonyl (C=O) groups excluding carboxylic acids is 2. The maximum atomic E-state index is 12.8. The molecule has 3 aromatic heterocycles. The summed E-state index contributed by atoms with van der Waals surface area (Å²) in [5.41, 5.74) is 2.86. The van der Waals surface area contributed by atoms with E-state index in [1.54, 1.807) is 17.8 Å². The van der Waals surface area contributed by atoms with E-state index in [0.29, 0.717) is 11.5 Å². The number of carbonyl (C=O) groups is 2. The summed E-state index contributed by atoms with van der Waals surface area (Å²) in [6.07, 6.45) is 9.87. The Bertz CT molecular complexity index is 1290. The second kappa shape index (κ2) is 8.78. The SMILES string of the molecule is CC1(N(C=O)c2ccc3cc(NC(=O)c4csc(-c5ccncc5)n4)[nH]c3c2)CCCCC1. The van der Waals surface area contributed by atoms with Crippen molar-refractivity contribution in [1.29, 1.82) is 0 Å². The molecule has 1 aliphatic rings. The Morgan fingerprint density at radius 3 is 2.70 bits per heavy atom. The van der Waals surface area contributed by atoms with Gasteiger partial charge >= 0.3 is 0 Å². The van der Waals surface area contributed by atoms with Crippen LogP contribution >= 0.6 is 11.3 Å². The largest absolute Gasteiger partial charge is 0.341 e. The predicted octanol–water partition coefficient (Wildman–Crippen LogP) is 5.62. The molecule has 2 N–H and O–H groups in total. The van der Waals surface area contributed by atoms with Crippen LogP contribution in [-0.4, -0.2) is 32.8 Å². The molecule has 0 saturated heterocycles. The van der Waals surface area contributed by atoms with Gasteiger partial charge in [-0.1, -0.05) is 25.3 Å². The number of H-pyrrole nitrogens is 1. The molecule has 1 aliphatic carbocycles. The number of hydrogen-bond donors (Lipinski definition) is 2. The Hall–Kier alpha value is -3.52. The number of aromatic amines is 1. The lowest BCUT2D eigenvalue weighted by atomic mass is 9.82. The predicted molar refractivity (Wildman–Crippen MR) is 132 cm³/mol. The van der Waals surface area contributed by atoms with Crippen molar-refractivity contribution < 1.29 is 9.59 Å². The average molecular weight is 460 g/mol. The second-order valence-electron chi connectivity index (χ2n) is 8.72. The van der Waals surface area contributed by atoms with E-state index in [9.17, 15) is 9.59 Å². The molecule has 0 atom stereocenters. The zero-order chi connectivity index (χ0) is 22.8. The summed E-state index contributed by atoms with van der Waals surface area (Å²) in [5.74, 6) is 0.315. The van der Waals surface area contributed by atoms with Crippen LogP contribution < -0.4 is 10.2 Å². The van der Waals surface area contributed by atoms with E-state index in [4.69, 9.17) is 0 Å². The fraction of sp³-hybridized carbons (Fsp3) is 0.280. The van der Waals surface area contributed by atoms with Crippen LogP contribution in [0.15, 0.2) is 54.2 Å². The third kappa shape index (κ3) is 4.26. The zero-order valence-electron chi connectivity index (χ0n) is 18.4. The molecule has 1 fully saturated rings. The van der Waals surface area contributed by atoms with E-state index in [2.05, 4.69) is 27.2 Å². The van der Waals surface area contributed by atoms with Crippen LogP contribution in [0.4, 0.5) is 11.5 Å². The molecule has 8 heteroatoms.